The average Bonchev–Trinajstić information content (AvgIpc) is 3.08. The van der Waals surface area contributed by atoms with Crippen molar-refractivity contribution in [2.75, 3.05) is 18.6 Å². The second-order valence-corrected chi connectivity index (χ2v) is 14.1. The summed E-state index contributed by atoms with van der Waals surface area (Å²) in [5.41, 5.74) is 2.95. The van der Waals surface area contributed by atoms with Crippen LogP contribution < -0.4 is 15.5 Å². The monoisotopic (exact) mass is 700 g/mol. The summed E-state index contributed by atoms with van der Waals surface area (Å²) in [5.74, 6) is -0.288. The molecular weight excluding hydrogens is 648 g/mol. The Balaban J connectivity index is 1.44. The third-order valence-electron chi connectivity index (χ3n) is 8.56. The Morgan fingerprint density at radius 2 is 1.65 bits per heavy atom. The molecule has 4 aromatic rings. The number of hydrogen-bond acceptors (Lipinski definition) is 10. The lowest BCUT2D eigenvalue weighted by atomic mass is 9.95. The molecule has 4 rings (SSSR count). The van der Waals surface area contributed by atoms with Crippen LogP contribution in [-0.4, -0.2) is 70.1 Å². The maximum atomic E-state index is 13.7. The number of nitrogens with one attached hydrogen (secondary N) is 2. The molecule has 0 aliphatic rings. The minimum atomic E-state index is -1.25. The highest BCUT2D eigenvalue weighted by Crippen LogP contribution is 2.34. The molecule has 1 amide bonds. The summed E-state index contributed by atoms with van der Waals surface area (Å²) in [6.07, 6.45) is 0.0330. The minimum absolute atomic E-state index is 0.0844. The average molecular weight is 701 g/mol. The molecule has 274 valence electrons. The van der Waals surface area contributed by atoms with Crippen LogP contribution in [0.1, 0.15) is 71.0 Å². The van der Waals surface area contributed by atoms with Gasteiger partial charge < -0.3 is 35.0 Å². The number of aromatic hydroxyl groups is 1. The van der Waals surface area contributed by atoms with Crippen LogP contribution in [0.4, 0.5) is 5.82 Å². The number of methoxy groups -OCH3 is 1. The number of phenolic OH excluding ortho intramolecular Hbond substituents is 1. The quantitative estimate of drug-likeness (QED) is 0.0701. The van der Waals surface area contributed by atoms with Crippen LogP contribution in [-0.2, 0) is 19.1 Å². The summed E-state index contributed by atoms with van der Waals surface area (Å²) in [6.45, 7) is 11.6. The number of esters is 1. The van der Waals surface area contributed by atoms with Gasteiger partial charge >= 0.3 is 5.97 Å². The number of anilines is 1. The maximum Gasteiger partial charge on any atom is 0.307 e. The highest BCUT2D eigenvalue weighted by Gasteiger charge is 2.29. The van der Waals surface area contributed by atoms with Crippen LogP contribution in [0, 0.1) is 12.8 Å². The normalized spacial score (nSPS) is 14.2. The zero-order chi connectivity index (χ0) is 37.3. The number of aryl methyl sites for hydroxylation is 1. The first-order valence-corrected chi connectivity index (χ1v) is 17.3. The number of carbonyl (C=O) groups is 2. The molecule has 4 atom stereocenters. The van der Waals surface area contributed by atoms with Crippen molar-refractivity contribution in [3.05, 3.63) is 90.1 Å². The Morgan fingerprint density at radius 1 is 0.961 bits per heavy atom. The summed E-state index contributed by atoms with van der Waals surface area (Å²) in [7, 11) is 1.31. The lowest BCUT2D eigenvalue weighted by Gasteiger charge is -2.33. The van der Waals surface area contributed by atoms with Crippen LogP contribution in [0.2, 0.25) is 0 Å². The lowest BCUT2D eigenvalue weighted by Crippen LogP contribution is -2.52. The molecule has 2 unspecified atom stereocenters. The summed E-state index contributed by atoms with van der Waals surface area (Å²) < 4.78 is 10.8. The molecule has 51 heavy (non-hydrogen) atoms. The molecule has 0 saturated heterocycles. The number of amides is 1. The number of pyridine rings is 1. The molecule has 11 nitrogen and oxygen atoms in total. The number of rotatable bonds is 16. The first-order chi connectivity index (χ1) is 24.2. The van der Waals surface area contributed by atoms with Crippen LogP contribution >= 0.6 is 0 Å². The molecule has 0 aliphatic heterocycles. The van der Waals surface area contributed by atoms with Gasteiger partial charge in [-0.05, 0) is 92.3 Å². The molecule has 0 aliphatic carbocycles. The van der Waals surface area contributed by atoms with Crippen molar-refractivity contribution in [3.8, 4) is 16.9 Å². The smallest absolute Gasteiger partial charge is 0.307 e. The largest absolute Gasteiger partial charge is 0.507 e. The predicted octanol–water partition coefficient (Wildman–Crippen LogP) is 5.95. The fourth-order valence-electron chi connectivity index (χ4n) is 5.91. The number of hydrogen-bond donors (Lipinski definition) is 5. The van der Waals surface area contributed by atoms with Gasteiger partial charge in [-0.15, -0.1) is 0 Å². The number of aliphatic hydroxyl groups excluding tert-OH is 2. The zero-order valence-corrected chi connectivity index (χ0v) is 30.6. The Hall–Kier alpha value is -4.55. The van der Waals surface area contributed by atoms with Crippen LogP contribution in [0.25, 0.3) is 21.9 Å². The first-order valence-electron chi connectivity index (χ1n) is 17.3. The van der Waals surface area contributed by atoms with Crippen molar-refractivity contribution in [2.24, 2.45) is 5.92 Å². The zero-order valence-electron chi connectivity index (χ0n) is 30.6. The molecule has 0 spiro atoms. The molecule has 0 fully saturated rings. The van der Waals surface area contributed by atoms with E-state index >= 15 is 0 Å². The van der Waals surface area contributed by atoms with Crippen molar-refractivity contribution in [2.45, 2.75) is 91.1 Å². The van der Waals surface area contributed by atoms with Crippen molar-refractivity contribution in [1.82, 2.24) is 15.6 Å². The third-order valence-corrected chi connectivity index (χ3v) is 8.56. The van der Waals surface area contributed by atoms with Crippen molar-refractivity contribution in [3.63, 3.8) is 0 Å². The molecule has 11 heteroatoms. The second-order valence-electron chi connectivity index (χ2n) is 14.1. The summed E-state index contributed by atoms with van der Waals surface area (Å²) in [6, 6.07) is 21.0. The number of aliphatic hydroxyl groups is 2. The lowest BCUT2D eigenvalue weighted by molar-refractivity contribution is -0.165. The third kappa shape index (κ3) is 11.0. The Kier molecular flexibility index (Phi) is 13.5. The van der Waals surface area contributed by atoms with Crippen molar-refractivity contribution in [1.29, 1.82) is 0 Å². The molecule has 5 N–H and O–H groups in total. The fourth-order valence-corrected chi connectivity index (χ4v) is 5.91. The van der Waals surface area contributed by atoms with E-state index in [4.69, 9.17) is 9.47 Å². The number of nitrogens with zero attached hydrogens (tertiary/aromatic N) is 2. The van der Waals surface area contributed by atoms with E-state index in [0.717, 1.165) is 27.5 Å². The van der Waals surface area contributed by atoms with Gasteiger partial charge in [0.25, 0.3) is 0 Å². The van der Waals surface area contributed by atoms with E-state index in [2.05, 4.69) is 15.6 Å². The highest BCUT2D eigenvalue weighted by molar-refractivity contribution is 6.00. The first kappa shape index (κ1) is 39.2. The summed E-state index contributed by atoms with van der Waals surface area (Å²) in [4.78, 5) is 32.2. The van der Waals surface area contributed by atoms with Gasteiger partial charge in [0.15, 0.2) is 0 Å². The van der Waals surface area contributed by atoms with Gasteiger partial charge in [-0.1, -0.05) is 68.4 Å². The van der Waals surface area contributed by atoms with Crippen molar-refractivity contribution >= 4 is 28.5 Å². The Morgan fingerprint density at radius 3 is 2.27 bits per heavy atom. The van der Waals surface area contributed by atoms with Crippen LogP contribution in [0.15, 0.2) is 79.0 Å². The number of ether oxygens (including phenoxy) is 2. The van der Waals surface area contributed by atoms with Gasteiger partial charge in [-0.25, -0.2) is 4.98 Å². The highest BCUT2D eigenvalue weighted by atomic mass is 16.6. The van der Waals surface area contributed by atoms with Crippen LogP contribution in [0.3, 0.4) is 0 Å². The molecule has 1 heterocycles. The Labute approximate surface area is 300 Å². The fraction of sp³-hybridized carbons (Fsp3) is 0.425. The van der Waals surface area contributed by atoms with Gasteiger partial charge in [0.05, 0.1) is 31.2 Å². The maximum absolute atomic E-state index is 13.7. The van der Waals surface area contributed by atoms with Gasteiger partial charge in [0, 0.05) is 18.1 Å². The molecular formula is C40H52N4O7. The van der Waals surface area contributed by atoms with E-state index in [1.807, 2.05) is 108 Å². The molecule has 3 aromatic carbocycles. The van der Waals surface area contributed by atoms with Crippen LogP contribution in [0.5, 0.6) is 5.75 Å². The van der Waals surface area contributed by atoms with E-state index in [9.17, 15) is 24.9 Å². The van der Waals surface area contributed by atoms with Crippen molar-refractivity contribution < 1.29 is 34.4 Å². The van der Waals surface area contributed by atoms with Gasteiger partial charge in [0.2, 0.25) is 12.3 Å². The van der Waals surface area contributed by atoms with E-state index in [1.54, 1.807) is 17.2 Å². The van der Waals surface area contributed by atoms with E-state index < -0.39 is 36.3 Å². The molecule has 0 saturated carbocycles. The SMILES string of the molecule is COC(=O)C[C@H](NC(=O)[C@@H](NC(O)CCCN(c1cc(C)ccn1)C(O)OC(C)(C)C)C(C)C)c1ccc(-c2ccc(O)c3ccccc23)cc1. The number of benzene rings is 3. The number of carbonyl (C=O) groups excluding carboxylic acids is 2. The van der Waals surface area contributed by atoms with E-state index in [1.165, 1.54) is 7.11 Å². The van der Waals surface area contributed by atoms with Gasteiger partial charge in [-0.2, -0.15) is 0 Å². The van der Waals surface area contributed by atoms with Gasteiger partial charge in [-0.3, -0.25) is 14.9 Å². The van der Waals surface area contributed by atoms with E-state index in [-0.39, 0.29) is 30.4 Å². The van der Waals surface area contributed by atoms with Gasteiger partial charge in [0.1, 0.15) is 17.8 Å². The Bertz CT molecular complexity index is 1760. The molecule has 1 aromatic heterocycles. The predicted molar refractivity (Wildman–Crippen MR) is 199 cm³/mol. The van der Waals surface area contributed by atoms with E-state index in [0.29, 0.717) is 24.3 Å². The molecule has 0 bridgehead atoms. The number of fused-ring (bicyclic) bond motifs is 1. The minimum Gasteiger partial charge on any atom is -0.507 e. The molecule has 0 radical (unpaired) electrons. The standard InChI is InChI=1S/C40H52N4O7/c1-25(2)37(43-35(46)13-10-22-44(39(49)51-40(4,5)6)34-23-26(3)20-21-41-34)38(48)42-32(24-36(47)50-7)28-16-14-27(15-17-28)29-18-19-33(45)31-12-9-8-11-30(29)31/h8-9,11-12,14-21,23,25,32,35,37,39,43,45-46,49H,10,13,22,24H2,1-7H3,(H,42,48)/t32-,35?,37-,39?/m0/s1. The summed E-state index contributed by atoms with van der Waals surface area (Å²) >= 11 is 0. The number of aromatic nitrogens is 1. The topological polar surface area (TPSA) is 153 Å². The number of phenols is 1. The summed E-state index contributed by atoms with van der Waals surface area (Å²) in [5, 5.41) is 40.0. The second kappa shape index (κ2) is 17.6.